The van der Waals surface area contributed by atoms with Gasteiger partial charge in [-0.3, -0.25) is 9.59 Å². The minimum absolute atomic E-state index is 0.126. The molecule has 1 saturated heterocycles. The van der Waals surface area contributed by atoms with E-state index in [-0.39, 0.29) is 11.7 Å². The van der Waals surface area contributed by atoms with Gasteiger partial charge in [-0.05, 0) is 25.7 Å². The smallest absolute Gasteiger partial charge is 0.223 e. The second kappa shape index (κ2) is 6.60. The summed E-state index contributed by atoms with van der Waals surface area (Å²) in [4.78, 5) is 32.9. The Morgan fingerprint density at radius 2 is 1.86 bits per heavy atom. The average Bonchev–Trinajstić information content (AvgIpc) is 2.55. The van der Waals surface area contributed by atoms with E-state index in [1.807, 2.05) is 4.90 Å². The average molecular weight is 304 g/mol. The lowest BCUT2D eigenvalue weighted by Gasteiger charge is -2.37. The molecule has 0 aromatic carbocycles. The zero-order valence-corrected chi connectivity index (χ0v) is 13.0. The van der Waals surface area contributed by atoms with Crippen LogP contribution < -0.4 is 5.73 Å². The fourth-order valence-corrected chi connectivity index (χ4v) is 3.44. The van der Waals surface area contributed by atoms with Crippen molar-refractivity contribution < 1.29 is 9.59 Å². The van der Waals surface area contributed by atoms with Gasteiger partial charge in [-0.15, -0.1) is 0 Å². The van der Waals surface area contributed by atoms with Crippen LogP contribution in [0.5, 0.6) is 0 Å². The third-order valence-electron chi connectivity index (χ3n) is 4.71. The van der Waals surface area contributed by atoms with E-state index in [1.54, 1.807) is 0 Å². The van der Waals surface area contributed by atoms with Gasteiger partial charge in [0, 0.05) is 50.4 Å². The molecule has 1 amide bonds. The monoisotopic (exact) mass is 304 g/mol. The lowest BCUT2D eigenvalue weighted by molar-refractivity contribution is -0.132. The normalized spacial score (nSPS) is 22.6. The van der Waals surface area contributed by atoms with Crippen LogP contribution in [0.4, 0.5) is 0 Å². The number of hydrogen-bond donors (Lipinski definition) is 1. The molecule has 0 aromatic heterocycles. The molecule has 1 aliphatic carbocycles. The van der Waals surface area contributed by atoms with Gasteiger partial charge in [0.2, 0.25) is 5.91 Å². The van der Waals surface area contributed by atoms with Crippen molar-refractivity contribution in [1.82, 2.24) is 9.80 Å². The van der Waals surface area contributed by atoms with Crippen molar-refractivity contribution in [1.29, 1.82) is 0 Å². The van der Waals surface area contributed by atoms with Crippen molar-refractivity contribution in [2.45, 2.75) is 38.5 Å². The molecule has 6 heteroatoms. The summed E-state index contributed by atoms with van der Waals surface area (Å²) in [7, 11) is 0. The number of aliphatic imine (C=N–C) groups is 1. The van der Waals surface area contributed by atoms with Crippen molar-refractivity contribution in [2.24, 2.45) is 10.7 Å². The predicted molar refractivity (Wildman–Crippen MR) is 84.4 cm³/mol. The first-order valence-electron chi connectivity index (χ1n) is 8.24. The molecule has 0 atom stereocenters. The van der Waals surface area contributed by atoms with E-state index in [9.17, 15) is 9.59 Å². The molecule has 3 aliphatic rings. The Balaban J connectivity index is 1.64. The third-order valence-corrected chi connectivity index (χ3v) is 4.71. The van der Waals surface area contributed by atoms with Crippen molar-refractivity contribution >= 4 is 17.5 Å². The minimum Gasteiger partial charge on any atom is -0.356 e. The number of allylic oxidation sites excluding steroid dienone is 2. The van der Waals surface area contributed by atoms with Crippen molar-refractivity contribution in [3.63, 3.8) is 0 Å². The maximum atomic E-state index is 12.3. The van der Waals surface area contributed by atoms with E-state index in [0.29, 0.717) is 32.5 Å². The van der Waals surface area contributed by atoms with Crippen LogP contribution in [0, 0.1) is 0 Å². The number of amidine groups is 1. The Labute approximate surface area is 131 Å². The summed E-state index contributed by atoms with van der Waals surface area (Å²) in [5.74, 6) is 1.28. The summed E-state index contributed by atoms with van der Waals surface area (Å²) in [5.41, 5.74) is 7.42. The van der Waals surface area contributed by atoms with Crippen LogP contribution in [-0.2, 0) is 9.59 Å². The maximum absolute atomic E-state index is 12.3. The molecule has 1 fully saturated rings. The first-order chi connectivity index (χ1) is 10.7. The first-order valence-corrected chi connectivity index (χ1v) is 8.24. The van der Waals surface area contributed by atoms with E-state index in [0.717, 1.165) is 55.9 Å². The number of hydrogen-bond acceptors (Lipinski definition) is 5. The Kier molecular flexibility index (Phi) is 4.57. The van der Waals surface area contributed by atoms with Crippen molar-refractivity contribution in [2.75, 3.05) is 32.7 Å². The van der Waals surface area contributed by atoms with Gasteiger partial charge in [0.1, 0.15) is 5.84 Å². The molecule has 0 saturated carbocycles. The molecule has 2 aliphatic heterocycles. The molecule has 0 bridgehead atoms. The van der Waals surface area contributed by atoms with Gasteiger partial charge in [0.25, 0.3) is 0 Å². The molecule has 120 valence electrons. The Morgan fingerprint density at radius 1 is 1.14 bits per heavy atom. The minimum atomic E-state index is 0.126. The summed E-state index contributed by atoms with van der Waals surface area (Å²) in [6.45, 7) is 3.29. The summed E-state index contributed by atoms with van der Waals surface area (Å²) in [6, 6.07) is 0. The fraction of sp³-hybridized carbons (Fsp3) is 0.688. The highest BCUT2D eigenvalue weighted by Gasteiger charge is 2.29. The zero-order chi connectivity index (χ0) is 15.5. The zero-order valence-electron chi connectivity index (χ0n) is 13.0. The number of amides is 1. The van der Waals surface area contributed by atoms with Crippen molar-refractivity contribution in [3.8, 4) is 0 Å². The van der Waals surface area contributed by atoms with E-state index in [1.165, 1.54) is 0 Å². The van der Waals surface area contributed by atoms with Crippen molar-refractivity contribution in [3.05, 3.63) is 11.3 Å². The summed E-state index contributed by atoms with van der Waals surface area (Å²) >= 11 is 0. The fourth-order valence-electron chi connectivity index (χ4n) is 3.44. The number of nitrogens with zero attached hydrogens (tertiary/aromatic N) is 3. The van der Waals surface area contributed by atoms with Crippen LogP contribution in [0.3, 0.4) is 0 Å². The van der Waals surface area contributed by atoms with E-state index in [2.05, 4.69) is 4.90 Å². The second-order valence-electron chi connectivity index (χ2n) is 6.17. The molecule has 0 spiro atoms. The van der Waals surface area contributed by atoms with E-state index >= 15 is 0 Å². The number of nitrogens with two attached hydrogens (primary N) is 1. The van der Waals surface area contributed by atoms with Crippen LogP contribution in [0.1, 0.15) is 38.5 Å². The molecular formula is C16H24N4O2. The Morgan fingerprint density at radius 3 is 2.59 bits per heavy atom. The van der Waals surface area contributed by atoms with Crippen LogP contribution in [-0.4, -0.2) is 60.0 Å². The lowest BCUT2D eigenvalue weighted by Crippen LogP contribution is -2.51. The standard InChI is InChI=1S/C16H24N4O2/c17-6-5-16(22)20-9-7-19(8-10-20)15-11-14(21)12-3-1-2-4-13(12)18-15/h1-11,17H2. The summed E-state index contributed by atoms with van der Waals surface area (Å²) in [5, 5.41) is 0. The molecule has 22 heavy (non-hydrogen) atoms. The van der Waals surface area contributed by atoms with Gasteiger partial charge in [0.15, 0.2) is 5.78 Å². The number of Topliss-reactive ketones (excluding diaryl/α,β-unsaturated/α-hetero) is 1. The van der Waals surface area contributed by atoms with Gasteiger partial charge in [0.05, 0.1) is 6.42 Å². The largest absolute Gasteiger partial charge is 0.356 e. The highest BCUT2D eigenvalue weighted by Crippen LogP contribution is 2.30. The summed E-state index contributed by atoms with van der Waals surface area (Å²) in [6.07, 6.45) is 4.90. The molecule has 0 aromatic rings. The second-order valence-corrected chi connectivity index (χ2v) is 6.17. The highest BCUT2D eigenvalue weighted by molar-refractivity contribution is 6.11. The van der Waals surface area contributed by atoms with Crippen LogP contribution >= 0.6 is 0 Å². The molecule has 6 nitrogen and oxygen atoms in total. The Hall–Kier alpha value is -1.69. The van der Waals surface area contributed by atoms with Gasteiger partial charge in [-0.2, -0.15) is 0 Å². The third kappa shape index (κ3) is 3.06. The molecule has 3 rings (SSSR count). The number of rotatable bonds is 2. The van der Waals surface area contributed by atoms with E-state index < -0.39 is 0 Å². The summed E-state index contributed by atoms with van der Waals surface area (Å²) < 4.78 is 0. The van der Waals surface area contributed by atoms with Gasteiger partial charge in [-0.25, -0.2) is 4.99 Å². The van der Waals surface area contributed by atoms with Crippen LogP contribution in [0.15, 0.2) is 16.3 Å². The number of piperazine rings is 1. The van der Waals surface area contributed by atoms with E-state index in [4.69, 9.17) is 10.7 Å². The number of carbonyl (C=O) groups is 2. The number of carbonyl (C=O) groups excluding carboxylic acids is 2. The molecule has 2 N–H and O–H groups in total. The molecule has 0 radical (unpaired) electrons. The predicted octanol–water partition coefficient (Wildman–Crippen LogP) is 0.679. The highest BCUT2D eigenvalue weighted by atomic mass is 16.2. The van der Waals surface area contributed by atoms with Gasteiger partial charge >= 0.3 is 0 Å². The van der Waals surface area contributed by atoms with Crippen LogP contribution in [0.25, 0.3) is 0 Å². The van der Waals surface area contributed by atoms with Gasteiger partial charge < -0.3 is 15.5 Å². The van der Waals surface area contributed by atoms with Crippen LogP contribution in [0.2, 0.25) is 0 Å². The molecule has 0 unspecified atom stereocenters. The molecular weight excluding hydrogens is 280 g/mol. The maximum Gasteiger partial charge on any atom is 0.223 e. The lowest BCUT2D eigenvalue weighted by atomic mass is 9.90. The Bertz CT molecular complexity index is 530. The quantitative estimate of drug-likeness (QED) is 0.813. The number of ketones is 1. The van der Waals surface area contributed by atoms with Gasteiger partial charge in [-0.1, -0.05) is 0 Å². The first kappa shape index (κ1) is 15.2. The SMILES string of the molecule is NCCC(=O)N1CCN(C2=NC3=C(CCCC3)C(=O)C2)CC1. The molecule has 2 heterocycles. The topological polar surface area (TPSA) is 79.0 Å².